The van der Waals surface area contributed by atoms with E-state index in [1.165, 1.54) is 44.9 Å². The molecule has 0 aliphatic carbocycles. The van der Waals surface area contributed by atoms with Gasteiger partial charge in [0.1, 0.15) is 0 Å². The molecule has 1 saturated heterocycles. The predicted molar refractivity (Wildman–Crippen MR) is 65.2 cm³/mol. The molecule has 0 amide bonds. The van der Waals surface area contributed by atoms with Gasteiger partial charge in [0.05, 0.1) is 6.10 Å². The zero-order chi connectivity index (χ0) is 10.9. The molecule has 2 heteroatoms. The highest BCUT2D eigenvalue weighted by atomic mass is 16.5. The summed E-state index contributed by atoms with van der Waals surface area (Å²) >= 11 is 0. The summed E-state index contributed by atoms with van der Waals surface area (Å²) in [5, 5.41) is 3.58. The molecule has 2 atom stereocenters. The lowest BCUT2D eigenvalue weighted by molar-refractivity contribution is 0.107. The first-order valence-corrected chi connectivity index (χ1v) is 6.68. The van der Waals surface area contributed by atoms with E-state index in [-0.39, 0.29) is 0 Å². The maximum absolute atomic E-state index is 5.58. The fourth-order valence-corrected chi connectivity index (χ4v) is 2.12. The zero-order valence-electron chi connectivity index (χ0n) is 10.4. The van der Waals surface area contributed by atoms with Crippen LogP contribution >= 0.6 is 0 Å². The SMILES string of the molecule is CCCCCC[C@@H](C)NC[C@H]1CCCO1. The van der Waals surface area contributed by atoms with Crippen molar-refractivity contribution in [2.24, 2.45) is 0 Å². The number of unbranched alkanes of at least 4 members (excludes halogenated alkanes) is 3. The van der Waals surface area contributed by atoms with Crippen LogP contribution in [0.15, 0.2) is 0 Å². The van der Waals surface area contributed by atoms with Gasteiger partial charge in [-0.3, -0.25) is 0 Å². The largest absolute Gasteiger partial charge is 0.377 e. The van der Waals surface area contributed by atoms with E-state index >= 15 is 0 Å². The third-order valence-corrected chi connectivity index (χ3v) is 3.21. The Labute approximate surface area is 94.8 Å². The molecule has 0 aromatic rings. The van der Waals surface area contributed by atoms with E-state index in [2.05, 4.69) is 19.2 Å². The molecule has 0 spiro atoms. The van der Waals surface area contributed by atoms with Crippen molar-refractivity contribution in [2.75, 3.05) is 13.2 Å². The molecular formula is C13H27NO. The number of nitrogens with one attached hydrogen (secondary N) is 1. The molecule has 1 heterocycles. The highest BCUT2D eigenvalue weighted by Gasteiger charge is 2.15. The van der Waals surface area contributed by atoms with Gasteiger partial charge in [0, 0.05) is 19.2 Å². The second-order valence-corrected chi connectivity index (χ2v) is 4.79. The van der Waals surface area contributed by atoms with E-state index in [0.29, 0.717) is 12.1 Å². The van der Waals surface area contributed by atoms with Gasteiger partial charge >= 0.3 is 0 Å². The van der Waals surface area contributed by atoms with E-state index in [9.17, 15) is 0 Å². The van der Waals surface area contributed by atoms with Crippen molar-refractivity contribution >= 4 is 0 Å². The van der Waals surface area contributed by atoms with Crippen LogP contribution in [0.3, 0.4) is 0 Å². The molecule has 0 radical (unpaired) electrons. The summed E-state index contributed by atoms with van der Waals surface area (Å²) in [7, 11) is 0. The Morgan fingerprint density at radius 3 is 2.87 bits per heavy atom. The van der Waals surface area contributed by atoms with Crippen molar-refractivity contribution in [1.82, 2.24) is 5.32 Å². The lowest BCUT2D eigenvalue weighted by Gasteiger charge is -2.16. The smallest absolute Gasteiger partial charge is 0.0700 e. The van der Waals surface area contributed by atoms with Crippen molar-refractivity contribution in [2.45, 2.75) is 70.9 Å². The standard InChI is InChI=1S/C13H27NO/c1-3-4-5-6-8-12(2)14-11-13-9-7-10-15-13/h12-14H,3-11H2,1-2H3/t12-,13-/m1/s1. The number of hydrogen-bond donors (Lipinski definition) is 1. The third kappa shape index (κ3) is 6.16. The Morgan fingerprint density at radius 1 is 1.33 bits per heavy atom. The molecule has 1 aliphatic rings. The van der Waals surface area contributed by atoms with Crippen LogP contribution in [-0.2, 0) is 4.74 Å². The summed E-state index contributed by atoms with van der Waals surface area (Å²) < 4.78 is 5.58. The fraction of sp³-hybridized carbons (Fsp3) is 1.00. The number of hydrogen-bond acceptors (Lipinski definition) is 2. The molecule has 15 heavy (non-hydrogen) atoms. The maximum atomic E-state index is 5.58. The summed E-state index contributed by atoms with van der Waals surface area (Å²) in [4.78, 5) is 0. The average molecular weight is 213 g/mol. The third-order valence-electron chi connectivity index (χ3n) is 3.21. The number of ether oxygens (including phenoxy) is 1. The molecule has 0 unspecified atom stereocenters. The van der Waals surface area contributed by atoms with E-state index in [4.69, 9.17) is 4.74 Å². The highest BCUT2D eigenvalue weighted by molar-refractivity contribution is 4.70. The average Bonchev–Trinajstić information content (AvgIpc) is 2.74. The van der Waals surface area contributed by atoms with Crippen LogP contribution in [0.2, 0.25) is 0 Å². The van der Waals surface area contributed by atoms with Gasteiger partial charge in [-0.1, -0.05) is 32.6 Å². The molecule has 0 aromatic carbocycles. The van der Waals surface area contributed by atoms with Crippen LogP contribution in [-0.4, -0.2) is 25.3 Å². The summed E-state index contributed by atoms with van der Waals surface area (Å²) in [6.07, 6.45) is 9.77. The predicted octanol–water partition coefficient (Wildman–Crippen LogP) is 3.11. The summed E-state index contributed by atoms with van der Waals surface area (Å²) in [6.45, 7) is 6.58. The lowest BCUT2D eigenvalue weighted by atomic mass is 10.1. The molecule has 1 fully saturated rings. The molecule has 1 aliphatic heterocycles. The van der Waals surface area contributed by atoms with Gasteiger partial charge in [0.2, 0.25) is 0 Å². The van der Waals surface area contributed by atoms with Crippen LogP contribution < -0.4 is 5.32 Å². The molecule has 1 rings (SSSR count). The van der Waals surface area contributed by atoms with E-state index < -0.39 is 0 Å². The molecule has 90 valence electrons. The van der Waals surface area contributed by atoms with Gasteiger partial charge in [0.15, 0.2) is 0 Å². The molecule has 0 aromatic heterocycles. The highest BCUT2D eigenvalue weighted by Crippen LogP contribution is 2.11. The minimum Gasteiger partial charge on any atom is -0.377 e. The van der Waals surface area contributed by atoms with Gasteiger partial charge in [-0.2, -0.15) is 0 Å². The molecule has 0 bridgehead atoms. The second kappa shape index (κ2) is 8.12. The first-order valence-electron chi connectivity index (χ1n) is 6.68. The fourth-order valence-electron chi connectivity index (χ4n) is 2.12. The molecule has 2 nitrogen and oxygen atoms in total. The van der Waals surface area contributed by atoms with Crippen LogP contribution in [0.1, 0.15) is 58.8 Å². The Morgan fingerprint density at radius 2 is 2.20 bits per heavy atom. The Balaban J connectivity index is 1.90. The van der Waals surface area contributed by atoms with E-state index in [1.807, 2.05) is 0 Å². The Hall–Kier alpha value is -0.0800. The van der Waals surface area contributed by atoms with Gasteiger partial charge in [0.25, 0.3) is 0 Å². The minimum atomic E-state index is 0.489. The van der Waals surface area contributed by atoms with Crippen LogP contribution in [0.4, 0.5) is 0 Å². The van der Waals surface area contributed by atoms with Crippen molar-refractivity contribution in [1.29, 1.82) is 0 Å². The number of rotatable bonds is 8. The normalized spacial score (nSPS) is 23.2. The molecule has 0 saturated carbocycles. The van der Waals surface area contributed by atoms with Crippen LogP contribution in [0, 0.1) is 0 Å². The van der Waals surface area contributed by atoms with Gasteiger partial charge in [-0.05, 0) is 26.2 Å². The Bertz CT molecular complexity index is 143. The van der Waals surface area contributed by atoms with Crippen LogP contribution in [0.5, 0.6) is 0 Å². The first kappa shape index (κ1) is 13.0. The summed E-state index contributed by atoms with van der Waals surface area (Å²) in [5.74, 6) is 0. The summed E-state index contributed by atoms with van der Waals surface area (Å²) in [6, 6.07) is 0.658. The topological polar surface area (TPSA) is 21.3 Å². The van der Waals surface area contributed by atoms with Crippen molar-refractivity contribution < 1.29 is 4.74 Å². The first-order chi connectivity index (χ1) is 7.33. The second-order valence-electron chi connectivity index (χ2n) is 4.79. The van der Waals surface area contributed by atoms with Gasteiger partial charge in [-0.15, -0.1) is 0 Å². The van der Waals surface area contributed by atoms with E-state index in [1.54, 1.807) is 0 Å². The zero-order valence-corrected chi connectivity index (χ0v) is 10.4. The monoisotopic (exact) mass is 213 g/mol. The lowest BCUT2D eigenvalue weighted by Crippen LogP contribution is -2.33. The van der Waals surface area contributed by atoms with Crippen molar-refractivity contribution in [3.05, 3.63) is 0 Å². The van der Waals surface area contributed by atoms with E-state index in [0.717, 1.165) is 13.2 Å². The van der Waals surface area contributed by atoms with Gasteiger partial charge in [-0.25, -0.2) is 0 Å². The minimum absolute atomic E-state index is 0.489. The quantitative estimate of drug-likeness (QED) is 0.626. The Kier molecular flexibility index (Phi) is 7.03. The van der Waals surface area contributed by atoms with Crippen LogP contribution in [0.25, 0.3) is 0 Å². The molecular weight excluding hydrogens is 186 g/mol. The molecule has 1 N–H and O–H groups in total. The van der Waals surface area contributed by atoms with Gasteiger partial charge < -0.3 is 10.1 Å². The van der Waals surface area contributed by atoms with Crippen molar-refractivity contribution in [3.8, 4) is 0 Å². The summed E-state index contributed by atoms with van der Waals surface area (Å²) in [5.41, 5.74) is 0. The maximum Gasteiger partial charge on any atom is 0.0700 e. The van der Waals surface area contributed by atoms with Crippen molar-refractivity contribution in [3.63, 3.8) is 0 Å².